The minimum atomic E-state index is -0.174. The summed E-state index contributed by atoms with van der Waals surface area (Å²) in [5.74, 6) is -0.174. The summed E-state index contributed by atoms with van der Waals surface area (Å²) < 4.78 is 12.1. The molecule has 1 saturated carbocycles. The highest BCUT2D eigenvalue weighted by Crippen LogP contribution is 2.44. The number of rotatable bonds is 0. The summed E-state index contributed by atoms with van der Waals surface area (Å²) >= 11 is 0. The fourth-order valence-electron chi connectivity index (χ4n) is 3.06. The lowest BCUT2D eigenvalue weighted by molar-refractivity contribution is -0.301. The van der Waals surface area contributed by atoms with Crippen molar-refractivity contribution in [1.29, 1.82) is 0 Å². The van der Waals surface area contributed by atoms with Crippen LogP contribution in [0.4, 0.5) is 0 Å². The monoisotopic (exact) mass is 208 g/mol. The molecule has 1 aliphatic heterocycles. The first kappa shape index (κ1) is 9.86. The van der Waals surface area contributed by atoms with Crippen LogP contribution in [0.5, 0.6) is 0 Å². The molecule has 0 bridgehead atoms. The Bertz CT molecular complexity index is 254. The maximum atomic E-state index is 6.06. The largest absolute Gasteiger partial charge is 0.349 e. The van der Waals surface area contributed by atoms with E-state index in [1.807, 2.05) is 0 Å². The molecule has 2 aliphatic carbocycles. The highest BCUT2D eigenvalue weighted by Gasteiger charge is 2.45. The molecule has 0 N–H and O–H groups in total. The summed E-state index contributed by atoms with van der Waals surface area (Å²) in [5.41, 5.74) is 0.308. The molecule has 0 aromatic rings. The van der Waals surface area contributed by atoms with Gasteiger partial charge >= 0.3 is 0 Å². The first-order valence-corrected chi connectivity index (χ1v) is 6.26. The smallest absolute Gasteiger partial charge is 0.168 e. The third-order valence-corrected chi connectivity index (χ3v) is 4.21. The highest BCUT2D eigenvalue weighted by molar-refractivity contribution is 5.00. The van der Waals surface area contributed by atoms with Gasteiger partial charge < -0.3 is 9.47 Å². The molecular formula is C13H20O2. The van der Waals surface area contributed by atoms with Gasteiger partial charge in [0.2, 0.25) is 0 Å². The predicted octanol–water partition coefficient (Wildman–Crippen LogP) is 3.03. The fourth-order valence-corrected chi connectivity index (χ4v) is 3.06. The second-order valence-corrected chi connectivity index (χ2v) is 5.41. The molecule has 0 aromatic carbocycles. The zero-order chi connectivity index (χ0) is 10.2. The molecule has 3 aliphatic rings. The van der Waals surface area contributed by atoms with Gasteiger partial charge in [-0.1, -0.05) is 12.2 Å². The van der Waals surface area contributed by atoms with Crippen LogP contribution in [0.3, 0.4) is 0 Å². The molecule has 1 saturated heterocycles. The molecule has 15 heavy (non-hydrogen) atoms. The van der Waals surface area contributed by atoms with Crippen LogP contribution in [0.25, 0.3) is 0 Å². The average molecular weight is 208 g/mol. The van der Waals surface area contributed by atoms with E-state index in [0.29, 0.717) is 5.41 Å². The lowest BCUT2D eigenvalue weighted by atomic mass is 9.77. The zero-order valence-corrected chi connectivity index (χ0v) is 9.34. The molecule has 84 valence electrons. The lowest BCUT2D eigenvalue weighted by Crippen LogP contribution is -2.48. The Kier molecular flexibility index (Phi) is 2.37. The Labute approximate surface area is 91.6 Å². The number of allylic oxidation sites excluding steroid dienone is 2. The normalized spacial score (nSPS) is 32.5. The molecule has 0 radical (unpaired) electrons. The maximum Gasteiger partial charge on any atom is 0.168 e. The van der Waals surface area contributed by atoms with E-state index in [1.54, 1.807) is 0 Å². The predicted molar refractivity (Wildman–Crippen MR) is 58.5 cm³/mol. The Morgan fingerprint density at radius 2 is 1.60 bits per heavy atom. The van der Waals surface area contributed by atoms with Crippen molar-refractivity contribution in [1.82, 2.24) is 0 Å². The summed E-state index contributed by atoms with van der Waals surface area (Å²) in [7, 11) is 0. The van der Waals surface area contributed by atoms with Crippen molar-refractivity contribution >= 4 is 0 Å². The SMILES string of the molecule is C1=CCC2(CC1)COC1(CCCC1)OC2. The van der Waals surface area contributed by atoms with E-state index < -0.39 is 0 Å². The highest BCUT2D eigenvalue weighted by atomic mass is 16.7. The summed E-state index contributed by atoms with van der Waals surface area (Å²) in [5, 5.41) is 0. The zero-order valence-electron chi connectivity index (χ0n) is 9.34. The van der Waals surface area contributed by atoms with Gasteiger partial charge in [-0.25, -0.2) is 0 Å². The number of ether oxygens (including phenoxy) is 2. The van der Waals surface area contributed by atoms with Crippen molar-refractivity contribution in [3.05, 3.63) is 12.2 Å². The second kappa shape index (κ2) is 3.60. The van der Waals surface area contributed by atoms with Crippen molar-refractivity contribution in [3.8, 4) is 0 Å². The van der Waals surface area contributed by atoms with Crippen LogP contribution < -0.4 is 0 Å². The van der Waals surface area contributed by atoms with E-state index in [1.165, 1.54) is 25.7 Å². The average Bonchev–Trinajstić information content (AvgIpc) is 2.74. The van der Waals surface area contributed by atoms with E-state index in [4.69, 9.17) is 9.47 Å². The summed E-state index contributed by atoms with van der Waals surface area (Å²) in [4.78, 5) is 0. The maximum absolute atomic E-state index is 6.06. The van der Waals surface area contributed by atoms with E-state index in [0.717, 1.165) is 32.5 Å². The molecule has 0 aromatic heterocycles. The van der Waals surface area contributed by atoms with Crippen molar-refractivity contribution in [3.63, 3.8) is 0 Å². The standard InChI is InChI=1S/C13H20O2/c1-2-6-12(7-3-1)10-14-13(15-11-12)8-4-5-9-13/h1-2H,3-11H2. The number of hydrogen-bond acceptors (Lipinski definition) is 2. The van der Waals surface area contributed by atoms with Crippen LogP contribution in [0.15, 0.2) is 12.2 Å². The third kappa shape index (κ3) is 1.74. The summed E-state index contributed by atoms with van der Waals surface area (Å²) in [6.07, 6.45) is 12.9. The molecule has 0 atom stereocenters. The Hall–Kier alpha value is -0.340. The van der Waals surface area contributed by atoms with Crippen molar-refractivity contribution in [2.24, 2.45) is 5.41 Å². The fraction of sp³-hybridized carbons (Fsp3) is 0.846. The molecule has 0 unspecified atom stereocenters. The van der Waals surface area contributed by atoms with Gasteiger partial charge in [-0.2, -0.15) is 0 Å². The Morgan fingerprint density at radius 3 is 2.20 bits per heavy atom. The van der Waals surface area contributed by atoms with Crippen molar-refractivity contribution < 1.29 is 9.47 Å². The van der Waals surface area contributed by atoms with Gasteiger partial charge in [-0.05, 0) is 32.1 Å². The summed E-state index contributed by atoms with van der Waals surface area (Å²) in [6.45, 7) is 1.83. The first-order chi connectivity index (χ1) is 7.33. The molecule has 3 rings (SSSR count). The molecular weight excluding hydrogens is 188 g/mol. The number of hydrogen-bond donors (Lipinski definition) is 0. The van der Waals surface area contributed by atoms with Crippen LogP contribution in [0.2, 0.25) is 0 Å². The van der Waals surface area contributed by atoms with Gasteiger partial charge in [0, 0.05) is 18.3 Å². The molecule has 2 fully saturated rings. The van der Waals surface area contributed by atoms with Crippen LogP contribution in [-0.4, -0.2) is 19.0 Å². The minimum Gasteiger partial charge on any atom is -0.349 e. The van der Waals surface area contributed by atoms with Crippen LogP contribution in [-0.2, 0) is 9.47 Å². The van der Waals surface area contributed by atoms with E-state index in [9.17, 15) is 0 Å². The van der Waals surface area contributed by atoms with Gasteiger partial charge in [0.05, 0.1) is 13.2 Å². The first-order valence-electron chi connectivity index (χ1n) is 6.26. The van der Waals surface area contributed by atoms with E-state index in [2.05, 4.69) is 12.2 Å². The lowest BCUT2D eigenvalue weighted by Gasteiger charge is -2.45. The summed E-state index contributed by atoms with van der Waals surface area (Å²) in [6, 6.07) is 0. The van der Waals surface area contributed by atoms with Crippen LogP contribution in [0.1, 0.15) is 44.9 Å². The molecule has 2 spiro atoms. The Balaban J connectivity index is 1.66. The van der Waals surface area contributed by atoms with Gasteiger partial charge in [0.25, 0.3) is 0 Å². The molecule has 2 nitrogen and oxygen atoms in total. The van der Waals surface area contributed by atoms with E-state index >= 15 is 0 Å². The van der Waals surface area contributed by atoms with Gasteiger partial charge in [-0.15, -0.1) is 0 Å². The van der Waals surface area contributed by atoms with Crippen molar-refractivity contribution in [2.45, 2.75) is 50.7 Å². The van der Waals surface area contributed by atoms with Gasteiger partial charge in [0.15, 0.2) is 5.79 Å². The molecule has 2 heteroatoms. The molecule has 1 heterocycles. The Morgan fingerprint density at radius 1 is 0.867 bits per heavy atom. The van der Waals surface area contributed by atoms with Gasteiger partial charge in [0.1, 0.15) is 0 Å². The third-order valence-electron chi connectivity index (χ3n) is 4.21. The van der Waals surface area contributed by atoms with Crippen LogP contribution in [0, 0.1) is 5.41 Å². The second-order valence-electron chi connectivity index (χ2n) is 5.41. The minimum absolute atomic E-state index is 0.174. The van der Waals surface area contributed by atoms with Crippen LogP contribution >= 0.6 is 0 Å². The van der Waals surface area contributed by atoms with Crippen molar-refractivity contribution in [2.75, 3.05) is 13.2 Å². The van der Waals surface area contributed by atoms with E-state index in [-0.39, 0.29) is 5.79 Å². The van der Waals surface area contributed by atoms with Gasteiger partial charge in [-0.3, -0.25) is 0 Å². The molecule has 0 amide bonds. The topological polar surface area (TPSA) is 18.5 Å². The quantitative estimate of drug-likeness (QED) is 0.570.